The van der Waals surface area contributed by atoms with Crippen LogP contribution in [0.3, 0.4) is 0 Å². The van der Waals surface area contributed by atoms with Crippen LogP contribution in [0.25, 0.3) is 0 Å². The fraction of sp³-hybridized carbons (Fsp3) is 0.312. The number of carbonyl (C=O) groups excluding carboxylic acids is 1. The van der Waals surface area contributed by atoms with E-state index in [0.717, 1.165) is 24.1 Å². The molecular formula is C16H14ClFN4O. The third-order valence-electron chi connectivity index (χ3n) is 4.52. The second-order valence-corrected chi connectivity index (χ2v) is 6.27. The number of halogens is 2. The average Bonchev–Trinajstić information content (AvgIpc) is 2.86. The molecule has 118 valence electrons. The molecule has 2 bridgehead atoms. The van der Waals surface area contributed by atoms with Crippen LogP contribution < -0.4 is 5.32 Å². The lowest BCUT2D eigenvalue weighted by atomic mass is 10.00. The van der Waals surface area contributed by atoms with Crippen molar-refractivity contribution in [3.8, 4) is 0 Å². The minimum absolute atomic E-state index is 0.0489. The smallest absolute Gasteiger partial charge is 0.314 e. The van der Waals surface area contributed by atoms with Gasteiger partial charge in [-0.3, -0.25) is 0 Å². The fourth-order valence-electron chi connectivity index (χ4n) is 3.51. The van der Waals surface area contributed by atoms with Crippen LogP contribution in [-0.2, 0) is 6.42 Å². The highest BCUT2D eigenvalue weighted by Gasteiger charge is 2.43. The molecule has 0 radical (unpaired) electrons. The molecule has 1 saturated heterocycles. The lowest BCUT2D eigenvalue weighted by Crippen LogP contribution is -2.44. The van der Waals surface area contributed by atoms with E-state index < -0.39 is 5.82 Å². The first-order valence-corrected chi connectivity index (χ1v) is 7.84. The lowest BCUT2D eigenvalue weighted by Gasteiger charge is -2.35. The number of fused-ring (bicyclic) bond motifs is 4. The standard InChI is InChI=1S/C16H14ClFN4O/c17-9-1-3-12(18)14(5-9)21-16(23)22-10-2-4-15(22)11-7-19-8-20-13(11)6-10/h1,3,5,7-8,10,15H,2,4,6H2,(H,21,23). The molecule has 7 heteroatoms. The largest absolute Gasteiger partial charge is 0.322 e. The number of rotatable bonds is 1. The number of hydrogen-bond donors (Lipinski definition) is 1. The van der Waals surface area contributed by atoms with E-state index in [0.29, 0.717) is 11.4 Å². The average molecular weight is 333 g/mol. The summed E-state index contributed by atoms with van der Waals surface area (Å²) in [6, 6.07) is 3.83. The first-order valence-electron chi connectivity index (χ1n) is 7.46. The molecule has 5 nitrogen and oxygen atoms in total. The zero-order chi connectivity index (χ0) is 16.0. The van der Waals surface area contributed by atoms with Crippen molar-refractivity contribution in [2.24, 2.45) is 0 Å². The second kappa shape index (κ2) is 5.45. The van der Waals surface area contributed by atoms with Crippen molar-refractivity contribution in [2.45, 2.75) is 31.3 Å². The Bertz CT molecular complexity index is 784. The van der Waals surface area contributed by atoms with Gasteiger partial charge in [0.2, 0.25) is 0 Å². The molecule has 1 N–H and O–H groups in total. The van der Waals surface area contributed by atoms with Gasteiger partial charge in [0.05, 0.1) is 17.4 Å². The molecule has 0 saturated carbocycles. The van der Waals surface area contributed by atoms with Crippen molar-refractivity contribution < 1.29 is 9.18 Å². The van der Waals surface area contributed by atoms with Crippen LogP contribution in [0.1, 0.15) is 30.1 Å². The van der Waals surface area contributed by atoms with Gasteiger partial charge in [0.25, 0.3) is 0 Å². The zero-order valence-corrected chi connectivity index (χ0v) is 12.9. The number of nitrogens with one attached hydrogen (secondary N) is 1. The van der Waals surface area contributed by atoms with E-state index in [1.807, 2.05) is 0 Å². The minimum Gasteiger partial charge on any atom is -0.314 e. The SMILES string of the molecule is O=C(Nc1cc(Cl)ccc1F)N1C2CCC1c1cncnc1C2. The summed E-state index contributed by atoms with van der Waals surface area (Å²) in [5, 5.41) is 3.02. The predicted molar refractivity (Wildman–Crippen MR) is 83.8 cm³/mol. The molecule has 2 atom stereocenters. The van der Waals surface area contributed by atoms with Gasteiger partial charge >= 0.3 is 6.03 Å². The Hall–Kier alpha value is -2.21. The van der Waals surface area contributed by atoms with Crippen molar-refractivity contribution in [2.75, 3.05) is 5.32 Å². The maximum atomic E-state index is 13.8. The van der Waals surface area contributed by atoms with Gasteiger partial charge in [-0.05, 0) is 31.0 Å². The molecule has 23 heavy (non-hydrogen) atoms. The Labute approximate surface area is 137 Å². The molecule has 2 aromatic rings. The molecule has 2 aliphatic rings. The molecule has 1 fully saturated rings. The van der Waals surface area contributed by atoms with E-state index in [1.54, 1.807) is 11.1 Å². The highest BCUT2D eigenvalue weighted by atomic mass is 35.5. The normalized spacial score (nSPS) is 21.9. The Balaban J connectivity index is 1.62. The van der Waals surface area contributed by atoms with E-state index in [4.69, 9.17) is 11.6 Å². The van der Waals surface area contributed by atoms with Crippen LogP contribution in [0.2, 0.25) is 5.02 Å². The van der Waals surface area contributed by atoms with Crippen molar-refractivity contribution in [1.29, 1.82) is 0 Å². The Morgan fingerprint density at radius 1 is 1.39 bits per heavy atom. The monoisotopic (exact) mass is 332 g/mol. The van der Waals surface area contributed by atoms with Gasteiger partial charge in [0, 0.05) is 29.2 Å². The molecule has 2 amide bonds. The summed E-state index contributed by atoms with van der Waals surface area (Å²) in [6.07, 6.45) is 5.80. The van der Waals surface area contributed by atoms with E-state index in [-0.39, 0.29) is 23.8 Å². The molecule has 2 aliphatic heterocycles. The van der Waals surface area contributed by atoms with E-state index in [2.05, 4.69) is 15.3 Å². The van der Waals surface area contributed by atoms with Crippen LogP contribution in [0.4, 0.5) is 14.9 Å². The van der Waals surface area contributed by atoms with Gasteiger partial charge in [0.15, 0.2) is 0 Å². The van der Waals surface area contributed by atoms with Gasteiger partial charge in [0.1, 0.15) is 12.1 Å². The molecular weight excluding hydrogens is 319 g/mol. The van der Waals surface area contributed by atoms with Gasteiger partial charge in [-0.25, -0.2) is 19.2 Å². The Morgan fingerprint density at radius 3 is 3.13 bits per heavy atom. The molecule has 0 spiro atoms. The minimum atomic E-state index is -0.504. The lowest BCUT2D eigenvalue weighted by molar-refractivity contribution is 0.178. The van der Waals surface area contributed by atoms with Crippen molar-refractivity contribution in [3.63, 3.8) is 0 Å². The predicted octanol–water partition coefficient (Wildman–Crippen LogP) is 3.56. The Morgan fingerprint density at radius 2 is 2.26 bits per heavy atom. The third-order valence-corrected chi connectivity index (χ3v) is 4.76. The summed E-state index contributed by atoms with van der Waals surface area (Å²) < 4.78 is 13.8. The topological polar surface area (TPSA) is 58.1 Å². The van der Waals surface area contributed by atoms with Crippen LogP contribution in [0.15, 0.2) is 30.7 Å². The summed E-state index contributed by atoms with van der Waals surface area (Å²) in [4.78, 5) is 22.8. The van der Waals surface area contributed by atoms with Gasteiger partial charge < -0.3 is 10.2 Å². The van der Waals surface area contributed by atoms with E-state index >= 15 is 0 Å². The summed E-state index contributed by atoms with van der Waals surface area (Å²) in [5.41, 5.74) is 2.09. The number of hydrogen-bond acceptors (Lipinski definition) is 3. The molecule has 1 aromatic carbocycles. The Kier molecular flexibility index (Phi) is 3.41. The highest BCUT2D eigenvalue weighted by Crippen LogP contribution is 2.43. The molecule has 0 aliphatic carbocycles. The molecule has 2 unspecified atom stereocenters. The van der Waals surface area contributed by atoms with Crippen molar-refractivity contribution in [3.05, 3.63) is 52.8 Å². The summed E-state index contributed by atoms with van der Waals surface area (Å²) in [5.74, 6) is -0.504. The van der Waals surface area contributed by atoms with Crippen LogP contribution in [0, 0.1) is 5.82 Å². The molecule has 1 aromatic heterocycles. The number of carbonyl (C=O) groups is 1. The van der Waals surface area contributed by atoms with Crippen LogP contribution >= 0.6 is 11.6 Å². The van der Waals surface area contributed by atoms with Crippen molar-refractivity contribution >= 4 is 23.3 Å². The number of amides is 2. The number of urea groups is 1. The highest BCUT2D eigenvalue weighted by molar-refractivity contribution is 6.30. The van der Waals surface area contributed by atoms with Crippen LogP contribution in [-0.4, -0.2) is 26.9 Å². The fourth-order valence-corrected chi connectivity index (χ4v) is 3.68. The van der Waals surface area contributed by atoms with Gasteiger partial charge in [-0.1, -0.05) is 11.6 Å². The summed E-state index contributed by atoms with van der Waals surface area (Å²) in [7, 11) is 0. The quantitative estimate of drug-likeness (QED) is 0.868. The van der Waals surface area contributed by atoms with Crippen molar-refractivity contribution in [1.82, 2.24) is 14.9 Å². The number of benzene rings is 1. The number of aromatic nitrogens is 2. The number of anilines is 1. The maximum Gasteiger partial charge on any atom is 0.322 e. The molecule has 3 heterocycles. The first-order chi connectivity index (χ1) is 11.1. The zero-order valence-electron chi connectivity index (χ0n) is 12.2. The molecule has 4 rings (SSSR count). The van der Waals surface area contributed by atoms with Gasteiger partial charge in [-0.15, -0.1) is 0 Å². The summed E-state index contributed by atoms with van der Waals surface area (Å²) >= 11 is 5.87. The van der Waals surface area contributed by atoms with Crippen LogP contribution in [0.5, 0.6) is 0 Å². The van der Waals surface area contributed by atoms with E-state index in [9.17, 15) is 9.18 Å². The summed E-state index contributed by atoms with van der Waals surface area (Å²) in [6.45, 7) is 0. The second-order valence-electron chi connectivity index (χ2n) is 5.84. The maximum absolute atomic E-state index is 13.8. The first kappa shape index (κ1) is 14.4. The number of nitrogens with zero attached hydrogens (tertiary/aromatic N) is 3. The van der Waals surface area contributed by atoms with E-state index in [1.165, 1.54) is 24.5 Å². The third kappa shape index (κ3) is 2.43. The van der Waals surface area contributed by atoms with Gasteiger partial charge in [-0.2, -0.15) is 0 Å².